The summed E-state index contributed by atoms with van der Waals surface area (Å²) in [4.78, 5) is 37.0. The molecule has 8 rings (SSSR count). The van der Waals surface area contributed by atoms with Crippen LogP contribution < -0.4 is 18.9 Å². The normalized spacial score (nSPS) is 14.3. The van der Waals surface area contributed by atoms with E-state index in [0.717, 1.165) is 56.1 Å². The molecule has 0 aliphatic carbocycles. The molecule has 4 heterocycles. The number of benzene rings is 4. The number of carbonyl (C=O) groups is 2. The van der Waals surface area contributed by atoms with Crippen molar-refractivity contribution in [1.29, 1.82) is 0 Å². The summed E-state index contributed by atoms with van der Waals surface area (Å²) in [6.07, 6.45) is 7.63. The summed E-state index contributed by atoms with van der Waals surface area (Å²) in [5.74, 6) is 1.24. The van der Waals surface area contributed by atoms with E-state index in [9.17, 15) is 26.8 Å². The number of piperidine rings is 2. The molecule has 0 bridgehead atoms. The number of hydrogen-bond acceptors (Lipinski definition) is 14. The Morgan fingerprint density at radius 3 is 1.42 bits per heavy atom. The van der Waals surface area contributed by atoms with Crippen molar-refractivity contribution in [3.05, 3.63) is 142 Å². The second-order valence-electron chi connectivity index (χ2n) is 16.3. The fourth-order valence-electron chi connectivity index (χ4n) is 7.62. The third-order valence-electron chi connectivity index (χ3n) is 11.5. The molecule has 6 aromatic rings. The number of carbonyl (C=O) groups excluding carboxylic acids is 2. The molecule has 14 nitrogen and oxygen atoms in total. The first-order valence-electron chi connectivity index (χ1n) is 22.1. The number of methoxy groups -OCH3 is 2. The van der Waals surface area contributed by atoms with Crippen LogP contribution in [0.1, 0.15) is 101 Å². The van der Waals surface area contributed by atoms with Gasteiger partial charge in [-0.25, -0.2) is 28.0 Å². The van der Waals surface area contributed by atoms with Crippen LogP contribution in [0.2, 0.25) is 0 Å². The van der Waals surface area contributed by atoms with Crippen molar-refractivity contribution in [1.82, 2.24) is 19.8 Å². The molecule has 1 unspecified atom stereocenters. The van der Waals surface area contributed by atoms with Crippen LogP contribution in [0, 0.1) is 13.8 Å². The first-order valence-corrected chi connectivity index (χ1v) is 25.3. The van der Waals surface area contributed by atoms with Gasteiger partial charge in [-0.15, -0.1) is 11.6 Å². The Labute approximate surface area is 425 Å². The van der Waals surface area contributed by atoms with Crippen molar-refractivity contribution in [2.24, 2.45) is 0 Å². The average Bonchev–Trinajstić information content (AvgIpc) is 3.92. The van der Waals surface area contributed by atoms with Crippen LogP contribution in [0.15, 0.2) is 116 Å². The third-order valence-corrected chi connectivity index (χ3v) is 14.0. The van der Waals surface area contributed by atoms with Crippen molar-refractivity contribution >= 4 is 44.5 Å². The van der Waals surface area contributed by atoms with Crippen LogP contribution >= 0.6 is 11.6 Å². The second kappa shape index (κ2) is 27.5. The molecule has 0 radical (unpaired) electrons. The largest absolute Gasteiger partial charge is 1.00 e. The average molecular weight is 996 g/mol. The number of alkyl halides is 1. The Bertz CT molecular complexity index is 2680. The summed E-state index contributed by atoms with van der Waals surface area (Å²) < 4.78 is 68.0. The number of hydrogen-bond donors (Lipinski definition) is 0. The molecule has 0 saturated carbocycles. The van der Waals surface area contributed by atoms with Crippen LogP contribution in [0.5, 0.6) is 0 Å². The number of sulfone groups is 1. The van der Waals surface area contributed by atoms with Gasteiger partial charge in [0.05, 0.1) is 47.5 Å². The second-order valence-corrected chi connectivity index (χ2v) is 19.5. The van der Waals surface area contributed by atoms with E-state index in [4.69, 9.17) is 25.2 Å². The maximum absolute atomic E-state index is 13.0. The molecule has 18 heteroatoms. The van der Waals surface area contributed by atoms with E-state index in [2.05, 4.69) is 24.5 Å². The van der Waals surface area contributed by atoms with E-state index >= 15 is 0 Å². The third kappa shape index (κ3) is 16.3. The minimum absolute atomic E-state index is 0. The minimum atomic E-state index is -3.57. The van der Waals surface area contributed by atoms with Gasteiger partial charge < -0.3 is 22.9 Å². The fraction of sp³-hybridized carbons (Fsp3) is 0.373. The Kier molecular flexibility index (Phi) is 22.6. The standard InChI is InChI=1S/C25H28N2O5S.C13H12ClNO3.C12H17NO2S.CH4.Li/c1-18-23(26-24(32-18)20-8-10-21(11-9-20)25(28)31-2)17-33(29,30)22-12-6-19(7-13-22)16-27-14-4-3-5-15-27;1-8-11(7-14)15-12(18-8)9-3-5-10(6-4-9)13(16)17-2;14-16(15)12-6-4-11(5-7-12)10-13-8-2-1-3-9-13;;/h6-13H,3-5,14-17H2,1-2H3;3-6H,7H2,1-2H3;4-7H,1-3,8-10H2,(H,14,15);1H4;/q;;;;+1/p-1. The van der Waals surface area contributed by atoms with E-state index in [1.807, 2.05) is 31.2 Å². The van der Waals surface area contributed by atoms with E-state index in [-0.39, 0.29) is 42.9 Å². The number of aryl methyl sites for hydroxylation is 2. The smallest absolute Gasteiger partial charge is 0.768 e. The predicted molar refractivity (Wildman–Crippen MR) is 262 cm³/mol. The van der Waals surface area contributed by atoms with Gasteiger partial charge in [0.15, 0.2) is 9.84 Å². The van der Waals surface area contributed by atoms with Crippen molar-refractivity contribution in [3.63, 3.8) is 0 Å². The van der Waals surface area contributed by atoms with Gasteiger partial charge in [-0.2, -0.15) is 0 Å². The SMILES string of the molecule is C.COC(=O)c1ccc(-c2nc(CCl)c(C)o2)cc1.COC(=O)c1ccc(-c2nc(CS(=O)(=O)c3ccc(CN4CCCCC4)cc3)c(C)o2)cc1.O=S([O-])c1ccc(CN2CCCCC2)cc1.[Li+]. The van der Waals surface area contributed by atoms with Gasteiger partial charge in [0, 0.05) is 29.1 Å². The summed E-state index contributed by atoms with van der Waals surface area (Å²) in [6, 6.07) is 27.8. The Balaban J connectivity index is 0.000000244. The number of ether oxygens (including phenoxy) is 2. The van der Waals surface area contributed by atoms with Crippen LogP contribution in [-0.4, -0.2) is 89.3 Å². The van der Waals surface area contributed by atoms with Crippen LogP contribution in [0.4, 0.5) is 0 Å². The zero-order valence-electron chi connectivity index (χ0n) is 39.2. The van der Waals surface area contributed by atoms with Crippen LogP contribution in [-0.2, 0) is 55.1 Å². The first-order chi connectivity index (χ1) is 32.3. The number of aromatic nitrogens is 2. The predicted octanol–water partition coefficient (Wildman–Crippen LogP) is 7.12. The summed E-state index contributed by atoms with van der Waals surface area (Å²) in [7, 11) is -0.903. The summed E-state index contributed by atoms with van der Waals surface area (Å²) in [5.41, 5.74) is 5.75. The molecule has 2 aliphatic heterocycles. The molecule has 2 saturated heterocycles. The minimum Gasteiger partial charge on any atom is -0.768 e. The number of likely N-dealkylation sites (tertiary alicyclic amines) is 2. The quantitative estimate of drug-likeness (QED) is 0.0493. The number of halogens is 1. The maximum atomic E-state index is 13.0. The number of rotatable bonds is 13. The molecule has 0 spiro atoms. The van der Waals surface area contributed by atoms with Crippen molar-refractivity contribution in [2.75, 3.05) is 40.4 Å². The van der Waals surface area contributed by atoms with Crippen molar-refractivity contribution in [2.45, 2.75) is 94.3 Å². The monoisotopic (exact) mass is 994 g/mol. The van der Waals surface area contributed by atoms with Crippen molar-refractivity contribution in [3.8, 4) is 22.9 Å². The molecule has 1 atom stereocenters. The molecule has 2 aromatic heterocycles. The van der Waals surface area contributed by atoms with Gasteiger partial charge in [-0.05, 0) is 161 Å². The van der Waals surface area contributed by atoms with Gasteiger partial charge in [0.1, 0.15) is 17.3 Å². The Hall–Kier alpha value is -4.89. The number of esters is 2. The molecule has 2 fully saturated rings. The van der Waals surface area contributed by atoms with Gasteiger partial charge in [0.25, 0.3) is 0 Å². The molecule has 364 valence electrons. The maximum Gasteiger partial charge on any atom is 1.00 e. The van der Waals surface area contributed by atoms with Crippen LogP contribution in [0.3, 0.4) is 0 Å². The Morgan fingerprint density at radius 1 is 0.652 bits per heavy atom. The topological polar surface area (TPSA) is 185 Å². The molecule has 0 N–H and O–H groups in total. The van der Waals surface area contributed by atoms with E-state index in [1.165, 1.54) is 58.3 Å². The van der Waals surface area contributed by atoms with E-state index < -0.39 is 26.9 Å². The van der Waals surface area contributed by atoms with Crippen LogP contribution in [0.25, 0.3) is 22.9 Å². The fourth-order valence-corrected chi connectivity index (χ4v) is 9.57. The molecule has 2 aliphatic rings. The summed E-state index contributed by atoms with van der Waals surface area (Å²) >= 11 is 3.63. The molecule has 0 amide bonds. The van der Waals surface area contributed by atoms with Gasteiger partial charge in [-0.1, -0.05) is 44.5 Å². The molecule has 4 aromatic carbocycles. The zero-order chi connectivity index (χ0) is 47.9. The molecule has 69 heavy (non-hydrogen) atoms. The number of oxazole rings is 2. The number of nitrogens with zero attached hydrogens (tertiary/aromatic N) is 4. The van der Waals surface area contributed by atoms with Gasteiger partial charge in [0.2, 0.25) is 11.8 Å². The molecular formula is C51H60ClLiN4O10S2. The summed E-state index contributed by atoms with van der Waals surface area (Å²) in [5, 5.41) is 0. The Morgan fingerprint density at radius 2 is 1.04 bits per heavy atom. The molecular weight excluding hydrogens is 935 g/mol. The van der Waals surface area contributed by atoms with E-state index in [1.54, 1.807) is 79.7 Å². The van der Waals surface area contributed by atoms with E-state index in [0.29, 0.717) is 56.5 Å². The zero-order valence-corrected chi connectivity index (χ0v) is 41.6. The van der Waals surface area contributed by atoms with Gasteiger partial charge >= 0.3 is 30.8 Å². The van der Waals surface area contributed by atoms with Crippen molar-refractivity contribution < 1.29 is 63.9 Å². The van der Waals surface area contributed by atoms with Gasteiger partial charge in [-0.3, -0.25) is 14.0 Å². The summed E-state index contributed by atoms with van der Waals surface area (Å²) in [6.45, 7) is 9.82. The first kappa shape index (κ1) is 56.7.